The van der Waals surface area contributed by atoms with Crippen molar-refractivity contribution in [2.24, 2.45) is 10.1 Å². The van der Waals surface area contributed by atoms with Crippen LogP contribution in [0, 0.1) is 0 Å². The van der Waals surface area contributed by atoms with Crippen LogP contribution >= 0.6 is 0 Å². The first-order valence-corrected chi connectivity index (χ1v) is 4.25. The lowest BCUT2D eigenvalue weighted by Crippen LogP contribution is -2.39. The highest BCUT2D eigenvalue weighted by atomic mass is 15.5. The van der Waals surface area contributed by atoms with Gasteiger partial charge in [0.1, 0.15) is 5.84 Å². The summed E-state index contributed by atoms with van der Waals surface area (Å²) in [7, 11) is 1.78. The summed E-state index contributed by atoms with van der Waals surface area (Å²) in [5.41, 5.74) is 0. The van der Waals surface area contributed by atoms with Crippen molar-refractivity contribution in [1.82, 2.24) is 5.01 Å². The first-order valence-electron chi connectivity index (χ1n) is 4.25. The zero-order valence-electron chi connectivity index (χ0n) is 7.75. The molecule has 0 atom stereocenters. The third kappa shape index (κ3) is 1.74. The van der Waals surface area contributed by atoms with Crippen LogP contribution in [0.25, 0.3) is 0 Å². The van der Waals surface area contributed by atoms with Gasteiger partial charge < -0.3 is 0 Å². The van der Waals surface area contributed by atoms with Crippen molar-refractivity contribution in [2.75, 3.05) is 7.05 Å². The molecule has 1 aliphatic carbocycles. The number of amidine groups is 1. The van der Waals surface area contributed by atoms with Crippen molar-refractivity contribution in [3.8, 4) is 0 Å². The van der Waals surface area contributed by atoms with Gasteiger partial charge in [0.25, 0.3) is 0 Å². The van der Waals surface area contributed by atoms with Gasteiger partial charge in [-0.3, -0.25) is 4.99 Å². The van der Waals surface area contributed by atoms with Gasteiger partial charge in [0.2, 0.25) is 0 Å². The average Bonchev–Trinajstić information content (AvgIpc) is 1.99. The van der Waals surface area contributed by atoms with E-state index in [1.54, 1.807) is 7.05 Å². The molecular weight excluding hydrogens is 150 g/mol. The predicted molar refractivity (Wildman–Crippen MR) is 51.6 cm³/mol. The van der Waals surface area contributed by atoms with Gasteiger partial charge in [-0.15, -0.1) is 5.10 Å². The second kappa shape index (κ2) is 4.07. The van der Waals surface area contributed by atoms with Gasteiger partial charge in [0, 0.05) is 12.9 Å². The fourth-order valence-corrected chi connectivity index (χ4v) is 1.23. The first-order chi connectivity index (χ1) is 5.79. The summed E-state index contributed by atoms with van der Waals surface area (Å²) in [5.74, 6) is 3.49. The van der Waals surface area contributed by atoms with E-state index in [0.29, 0.717) is 6.04 Å². The molecule has 0 saturated heterocycles. The second-order valence-electron chi connectivity index (χ2n) is 2.96. The molecule has 12 heavy (non-hydrogen) atoms. The summed E-state index contributed by atoms with van der Waals surface area (Å²) in [6.45, 7) is 5.43. The van der Waals surface area contributed by atoms with Crippen molar-refractivity contribution >= 4 is 11.7 Å². The Bertz CT molecular complexity index is 222. The molecule has 0 bridgehead atoms. The van der Waals surface area contributed by atoms with Crippen LogP contribution in [0.1, 0.15) is 26.2 Å². The number of aliphatic imine (C=N–C) groups is 1. The average molecular weight is 165 g/mol. The molecule has 0 aromatic heterocycles. The number of hydrazone groups is 1. The fourth-order valence-electron chi connectivity index (χ4n) is 1.23. The molecule has 1 saturated carbocycles. The topological polar surface area (TPSA) is 28.0 Å². The minimum absolute atomic E-state index is 0.531. The molecule has 0 aromatic carbocycles. The van der Waals surface area contributed by atoms with E-state index in [4.69, 9.17) is 0 Å². The molecule has 0 radical (unpaired) electrons. The van der Waals surface area contributed by atoms with Gasteiger partial charge in [-0.1, -0.05) is 0 Å². The van der Waals surface area contributed by atoms with E-state index in [0.717, 1.165) is 5.84 Å². The van der Waals surface area contributed by atoms with E-state index in [2.05, 4.69) is 22.5 Å². The molecule has 0 aliphatic heterocycles. The Morgan fingerprint density at radius 1 is 1.58 bits per heavy atom. The third-order valence-electron chi connectivity index (χ3n) is 2.25. The molecule has 1 rings (SSSR count). The molecule has 0 heterocycles. The molecule has 0 unspecified atom stereocenters. The predicted octanol–water partition coefficient (Wildman–Crippen LogP) is 1.66. The van der Waals surface area contributed by atoms with Crippen molar-refractivity contribution in [2.45, 2.75) is 32.2 Å². The highest BCUT2D eigenvalue weighted by Crippen LogP contribution is 2.24. The molecular formula is C9H15N3. The van der Waals surface area contributed by atoms with Crippen LogP contribution in [-0.4, -0.2) is 29.8 Å². The Morgan fingerprint density at radius 3 is 2.58 bits per heavy atom. The maximum atomic E-state index is 4.09. The monoisotopic (exact) mass is 165 g/mol. The smallest absolute Gasteiger partial charge is 0.117 e. The molecule has 1 aliphatic rings. The molecule has 0 amide bonds. The van der Waals surface area contributed by atoms with E-state index >= 15 is 0 Å². The Morgan fingerprint density at radius 2 is 2.25 bits per heavy atom. The summed E-state index contributed by atoms with van der Waals surface area (Å²) >= 11 is 0. The van der Waals surface area contributed by atoms with Gasteiger partial charge in [-0.25, -0.2) is 5.01 Å². The summed E-state index contributed by atoms with van der Waals surface area (Å²) in [5, 5.41) is 5.97. The van der Waals surface area contributed by atoms with Crippen molar-refractivity contribution < 1.29 is 0 Å². The zero-order chi connectivity index (χ0) is 8.97. The Kier molecular flexibility index (Phi) is 3.06. The van der Waals surface area contributed by atoms with Crippen molar-refractivity contribution in [3.05, 3.63) is 6.58 Å². The third-order valence-corrected chi connectivity index (χ3v) is 2.25. The second-order valence-corrected chi connectivity index (χ2v) is 2.96. The van der Waals surface area contributed by atoms with Crippen LogP contribution in [0.5, 0.6) is 0 Å². The normalized spacial score (nSPS) is 18.0. The number of nitrogens with zero attached hydrogens (tertiary/aromatic N) is 3. The van der Waals surface area contributed by atoms with Gasteiger partial charge >= 0.3 is 0 Å². The minimum atomic E-state index is 0.531. The summed E-state index contributed by atoms with van der Waals surface area (Å²) in [4.78, 5) is 4.09. The lowest BCUT2D eigenvalue weighted by Gasteiger charge is -2.33. The minimum Gasteiger partial charge on any atom is -0.274 e. The molecule has 3 heteroatoms. The Balaban J connectivity index is 2.65. The van der Waals surface area contributed by atoms with Crippen molar-refractivity contribution in [3.63, 3.8) is 0 Å². The molecule has 1 fully saturated rings. The Hall–Kier alpha value is -1.08. The fraction of sp³-hybridized carbons (Fsp3) is 0.667. The number of rotatable bonds is 2. The van der Waals surface area contributed by atoms with Gasteiger partial charge in [0.05, 0.1) is 6.04 Å². The SMILES string of the molecule is C=C=NN(C(C)=NC)C1CCC1. The van der Waals surface area contributed by atoms with E-state index in [1.807, 2.05) is 11.9 Å². The van der Waals surface area contributed by atoms with Crippen LogP contribution in [0.15, 0.2) is 16.7 Å². The van der Waals surface area contributed by atoms with Crippen LogP contribution in [0.2, 0.25) is 0 Å². The van der Waals surface area contributed by atoms with Crippen LogP contribution in [0.4, 0.5) is 0 Å². The van der Waals surface area contributed by atoms with Gasteiger partial charge in [-0.2, -0.15) is 0 Å². The van der Waals surface area contributed by atoms with Crippen LogP contribution in [0.3, 0.4) is 0 Å². The molecule has 66 valence electrons. The summed E-state index contributed by atoms with van der Waals surface area (Å²) in [6.07, 6.45) is 3.71. The standard InChI is InChI=1S/C9H15N3/c1-4-11-12(8(2)10-3)9-6-5-7-9/h9H,1,5-7H2,2-3H3. The van der Waals surface area contributed by atoms with E-state index < -0.39 is 0 Å². The lowest BCUT2D eigenvalue weighted by atomic mass is 9.92. The lowest BCUT2D eigenvalue weighted by molar-refractivity contribution is 0.215. The van der Waals surface area contributed by atoms with E-state index in [-0.39, 0.29) is 0 Å². The van der Waals surface area contributed by atoms with Gasteiger partial charge in [0.15, 0.2) is 0 Å². The molecule has 0 aromatic rings. The first kappa shape index (κ1) is 9.01. The zero-order valence-corrected chi connectivity index (χ0v) is 7.75. The van der Waals surface area contributed by atoms with E-state index in [9.17, 15) is 0 Å². The highest BCUT2D eigenvalue weighted by Gasteiger charge is 2.25. The molecule has 3 nitrogen and oxygen atoms in total. The molecule has 0 spiro atoms. The van der Waals surface area contributed by atoms with E-state index in [1.165, 1.54) is 19.3 Å². The maximum absolute atomic E-state index is 4.09. The van der Waals surface area contributed by atoms with Crippen LogP contribution < -0.4 is 0 Å². The Labute approximate surface area is 73.5 Å². The molecule has 0 N–H and O–H groups in total. The van der Waals surface area contributed by atoms with Crippen LogP contribution in [-0.2, 0) is 0 Å². The van der Waals surface area contributed by atoms with Crippen molar-refractivity contribution in [1.29, 1.82) is 0 Å². The largest absolute Gasteiger partial charge is 0.274 e. The van der Waals surface area contributed by atoms with Gasteiger partial charge in [-0.05, 0) is 32.8 Å². The maximum Gasteiger partial charge on any atom is 0.117 e. The summed E-state index contributed by atoms with van der Waals surface area (Å²) < 4.78 is 0. The number of hydrogen-bond acceptors (Lipinski definition) is 2. The summed E-state index contributed by atoms with van der Waals surface area (Å²) in [6, 6.07) is 0.531. The number of hydrogen-bond donors (Lipinski definition) is 0. The quantitative estimate of drug-likeness (QED) is 0.347. The highest BCUT2D eigenvalue weighted by molar-refractivity contribution is 5.80.